The predicted octanol–water partition coefficient (Wildman–Crippen LogP) is 4.04. The number of hydrogen-bond donors (Lipinski definition) is 0. The molecule has 0 aliphatic heterocycles. The summed E-state index contributed by atoms with van der Waals surface area (Å²) in [5.74, 6) is -0.442. The van der Waals surface area contributed by atoms with Gasteiger partial charge in [0.25, 0.3) is 0 Å². The Balaban J connectivity index is 2.10. The van der Waals surface area contributed by atoms with Crippen LogP contribution in [0.25, 0.3) is 0 Å². The first kappa shape index (κ1) is 15.4. The number of nitrogens with zero attached hydrogens (tertiary/aromatic N) is 1. The lowest BCUT2D eigenvalue weighted by atomic mass is 10.2. The molecule has 0 spiro atoms. The molecule has 110 valence electrons. The molecule has 0 bridgehead atoms. The number of pyridine rings is 1. The van der Waals surface area contributed by atoms with E-state index in [0.29, 0.717) is 10.5 Å². The van der Waals surface area contributed by atoms with Crippen LogP contribution in [0.1, 0.15) is 16.1 Å². The number of carbonyl (C=O) groups excluding carboxylic acids is 1. The number of methoxy groups -OCH3 is 1. The quantitative estimate of drug-likeness (QED) is 0.802. The van der Waals surface area contributed by atoms with Gasteiger partial charge in [-0.05, 0) is 36.4 Å². The molecule has 2 rings (SSSR count). The van der Waals surface area contributed by atoms with E-state index in [1.807, 2.05) is 0 Å². The molecule has 0 unspecified atom stereocenters. The Morgan fingerprint density at radius 2 is 1.71 bits per heavy atom. The lowest BCUT2D eigenvalue weighted by molar-refractivity contribution is -0.141. The van der Waals surface area contributed by atoms with Gasteiger partial charge in [-0.15, -0.1) is 0 Å². The summed E-state index contributed by atoms with van der Waals surface area (Å²) < 4.78 is 41.7. The molecule has 0 saturated carbocycles. The van der Waals surface area contributed by atoms with E-state index in [-0.39, 0.29) is 0 Å². The van der Waals surface area contributed by atoms with Gasteiger partial charge in [0, 0.05) is 16.0 Å². The van der Waals surface area contributed by atoms with Gasteiger partial charge in [-0.1, -0.05) is 11.8 Å². The highest BCUT2D eigenvalue weighted by Crippen LogP contribution is 2.31. The molecule has 1 aromatic heterocycles. The second-order valence-electron chi connectivity index (χ2n) is 3.99. The minimum Gasteiger partial charge on any atom is -0.465 e. The maximum atomic E-state index is 12.4. The van der Waals surface area contributed by atoms with E-state index in [2.05, 4.69) is 9.72 Å². The smallest absolute Gasteiger partial charge is 0.433 e. The van der Waals surface area contributed by atoms with Crippen molar-refractivity contribution >= 4 is 17.7 Å². The molecule has 0 aliphatic rings. The maximum absolute atomic E-state index is 12.4. The molecule has 0 saturated heterocycles. The number of carbonyl (C=O) groups is 1. The molecule has 7 heteroatoms. The van der Waals surface area contributed by atoms with Gasteiger partial charge in [0.1, 0.15) is 5.69 Å². The second kappa shape index (κ2) is 6.17. The van der Waals surface area contributed by atoms with E-state index in [1.165, 1.54) is 31.1 Å². The minimum absolute atomic E-state index is 0.410. The minimum atomic E-state index is -4.44. The van der Waals surface area contributed by atoms with Crippen molar-refractivity contribution in [3.05, 3.63) is 53.9 Å². The molecular weight excluding hydrogens is 303 g/mol. The van der Waals surface area contributed by atoms with E-state index in [0.717, 1.165) is 11.0 Å². The van der Waals surface area contributed by atoms with Crippen molar-refractivity contribution in [1.29, 1.82) is 0 Å². The lowest BCUT2D eigenvalue weighted by Crippen LogP contribution is -2.07. The highest BCUT2D eigenvalue weighted by atomic mass is 32.2. The fraction of sp³-hybridized carbons (Fsp3) is 0.143. The molecule has 0 atom stereocenters. The number of benzene rings is 1. The standard InChI is InChI=1S/C14H10F3NO2S/c1-20-13(19)9-2-4-10(5-3-9)21-11-6-7-12(18-8-11)14(15,16)17/h2-8H,1H3. The third kappa shape index (κ3) is 3.98. The zero-order valence-electron chi connectivity index (χ0n) is 10.8. The summed E-state index contributed by atoms with van der Waals surface area (Å²) in [4.78, 5) is 16.0. The SMILES string of the molecule is COC(=O)c1ccc(Sc2ccc(C(F)(F)F)nc2)cc1. The van der Waals surface area contributed by atoms with Crippen LogP contribution >= 0.6 is 11.8 Å². The first-order chi connectivity index (χ1) is 9.90. The summed E-state index contributed by atoms with van der Waals surface area (Å²) in [6, 6.07) is 8.85. The number of halogens is 3. The van der Waals surface area contributed by atoms with Crippen LogP contribution in [-0.4, -0.2) is 18.1 Å². The number of aromatic nitrogens is 1. The molecule has 21 heavy (non-hydrogen) atoms. The van der Waals surface area contributed by atoms with E-state index < -0.39 is 17.8 Å². The summed E-state index contributed by atoms with van der Waals surface area (Å²) in [7, 11) is 1.29. The first-order valence-electron chi connectivity index (χ1n) is 5.79. The highest BCUT2D eigenvalue weighted by Gasteiger charge is 2.32. The largest absolute Gasteiger partial charge is 0.465 e. The van der Waals surface area contributed by atoms with Gasteiger partial charge in [0.05, 0.1) is 12.7 Å². The average molecular weight is 313 g/mol. The number of ether oxygens (including phenoxy) is 1. The lowest BCUT2D eigenvalue weighted by Gasteiger charge is -2.06. The number of rotatable bonds is 3. The molecule has 1 heterocycles. The van der Waals surface area contributed by atoms with Gasteiger partial charge in [0.15, 0.2) is 0 Å². The predicted molar refractivity (Wildman–Crippen MR) is 71.1 cm³/mol. The third-order valence-corrected chi connectivity index (χ3v) is 3.52. The maximum Gasteiger partial charge on any atom is 0.433 e. The summed E-state index contributed by atoms with van der Waals surface area (Å²) in [5, 5.41) is 0. The number of hydrogen-bond acceptors (Lipinski definition) is 4. The average Bonchev–Trinajstić information content (AvgIpc) is 2.47. The Morgan fingerprint density at radius 1 is 1.10 bits per heavy atom. The molecule has 0 fully saturated rings. The van der Waals surface area contributed by atoms with Crippen molar-refractivity contribution in [2.24, 2.45) is 0 Å². The van der Waals surface area contributed by atoms with Gasteiger partial charge in [0.2, 0.25) is 0 Å². The Labute approximate surface area is 123 Å². The van der Waals surface area contributed by atoms with Crippen molar-refractivity contribution in [3.8, 4) is 0 Å². The fourth-order valence-corrected chi connectivity index (χ4v) is 2.31. The summed E-state index contributed by atoms with van der Waals surface area (Å²) in [5.41, 5.74) is -0.514. The van der Waals surface area contributed by atoms with E-state index in [9.17, 15) is 18.0 Å². The fourth-order valence-electron chi connectivity index (χ4n) is 1.52. The van der Waals surface area contributed by atoms with Crippen molar-refractivity contribution in [3.63, 3.8) is 0 Å². The van der Waals surface area contributed by atoms with Gasteiger partial charge in [-0.3, -0.25) is 4.98 Å². The van der Waals surface area contributed by atoms with Gasteiger partial charge >= 0.3 is 12.1 Å². The topological polar surface area (TPSA) is 39.2 Å². The third-order valence-electron chi connectivity index (χ3n) is 2.54. The molecule has 0 amide bonds. The van der Waals surface area contributed by atoms with Crippen LogP contribution in [0.2, 0.25) is 0 Å². The molecule has 3 nitrogen and oxygen atoms in total. The molecular formula is C14H10F3NO2S. The molecule has 0 N–H and O–H groups in total. The second-order valence-corrected chi connectivity index (χ2v) is 5.14. The number of esters is 1. The van der Waals surface area contributed by atoms with E-state index >= 15 is 0 Å². The van der Waals surface area contributed by atoms with Crippen LogP contribution < -0.4 is 0 Å². The van der Waals surface area contributed by atoms with Gasteiger partial charge in [-0.2, -0.15) is 13.2 Å². The highest BCUT2D eigenvalue weighted by molar-refractivity contribution is 7.99. The van der Waals surface area contributed by atoms with Crippen LogP contribution in [-0.2, 0) is 10.9 Å². The molecule has 0 radical (unpaired) electrons. The normalized spacial score (nSPS) is 11.2. The zero-order chi connectivity index (χ0) is 15.5. The Hall–Kier alpha value is -2.02. The summed E-state index contributed by atoms with van der Waals surface area (Å²) in [6.45, 7) is 0. The monoisotopic (exact) mass is 313 g/mol. The van der Waals surface area contributed by atoms with E-state index in [4.69, 9.17) is 0 Å². The van der Waals surface area contributed by atoms with Gasteiger partial charge in [-0.25, -0.2) is 4.79 Å². The van der Waals surface area contributed by atoms with Crippen LogP contribution in [0.4, 0.5) is 13.2 Å². The van der Waals surface area contributed by atoms with E-state index in [1.54, 1.807) is 24.3 Å². The molecule has 2 aromatic rings. The van der Waals surface area contributed by atoms with Crippen molar-refractivity contribution in [2.45, 2.75) is 16.0 Å². The van der Waals surface area contributed by atoms with Crippen LogP contribution in [0.5, 0.6) is 0 Å². The zero-order valence-corrected chi connectivity index (χ0v) is 11.7. The van der Waals surface area contributed by atoms with Gasteiger partial charge < -0.3 is 4.74 Å². The Bertz CT molecular complexity index is 624. The van der Waals surface area contributed by atoms with Crippen molar-refractivity contribution in [2.75, 3.05) is 7.11 Å². The molecule has 0 aliphatic carbocycles. The summed E-state index contributed by atoms with van der Waals surface area (Å²) in [6.07, 6.45) is -3.27. The summed E-state index contributed by atoms with van der Waals surface area (Å²) >= 11 is 1.25. The van der Waals surface area contributed by atoms with Crippen LogP contribution in [0.15, 0.2) is 52.4 Å². The Kier molecular flexibility index (Phi) is 4.52. The van der Waals surface area contributed by atoms with Crippen LogP contribution in [0, 0.1) is 0 Å². The first-order valence-corrected chi connectivity index (χ1v) is 6.61. The van der Waals surface area contributed by atoms with Crippen molar-refractivity contribution < 1.29 is 22.7 Å². The van der Waals surface area contributed by atoms with Crippen LogP contribution in [0.3, 0.4) is 0 Å². The molecule has 1 aromatic carbocycles. The van der Waals surface area contributed by atoms with Crippen molar-refractivity contribution in [1.82, 2.24) is 4.98 Å². The number of alkyl halides is 3. The Morgan fingerprint density at radius 3 is 2.19 bits per heavy atom.